The minimum atomic E-state index is 0. The van der Waals surface area contributed by atoms with E-state index in [9.17, 15) is 0 Å². The maximum atomic E-state index is 5.27. The molecule has 1 aromatic carbocycles. The molecule has 0 saturated carbocycles. The summed E-state index contributed by atoms with van der Waals surface area (Å²) in [5.41, 5.74) is 2.61. The zero-order valence-corrected chi connectivity index (χ0v) is 16.7. The number of guanidine groups is 1. The fourth-order valence-electron chi connectivity index (χ4n) is 2.74. The van der Waals surface area contributed by atoms with Crippen molar-refractivity contribution in [2.24, 2.45) is 4.99 Å². The molecule has 7 heteroatoms. The van der Waals surface area contributed by atoms with Crippen molar-refractivity contribution >= 4 is 35.6 Å². The highest BCUT2D eigenvalue weighted by Crippen LogP contribution is 2.27. The van der Waals surface area contributed by atoms with Gasteiger partial charge in [0, 0.05) is 38.2 Å². The van der Waals surface area contributed by atoms with Gasteiger partial charge in [-0.05, 0) is 18.1 Å². The summed E-state index contributed by atoms with van der Waals surface area (Å²) in [4.78, 5) is 11.0. The molecule has 1 N–H and O–H groups in total. The first-order valence-corrected chi connectivity index (χ1v) is 8.07. The molecule has 0 spiro atoms. The number of benzene rings is 1. The number of fused-ring (bicyclic) bond motifs is 1. The Hall–Kier alpha value is -1.64. The largest absolute Gasteiger partial charge is 0.355 e. The smallest absolute Gasteiger partial charge is 0.228 e. The van der Waals surface area contributed by atoms with Crippen LogP contribution in [0.25, 0.3) is 0 Å². The molecule has 1 aliphatic rings. The van der Waals surface area contributed by atoms with Crippen molar-refractivity contribution in [3.05, 3.63) is 41.5 Å². The predicted molar refractivity (Wildman–Crippen MR) is 106 cm³/mol. The van der Waals surface area contributed by atoms with E-state index in [2.05, 4.69) is 63.5 Å². The predicted octanol–water partition coefficient (Wildman–Crippen LogP) is 2.99. The van der Waals surface area contributed by atoms with Gasteiger partial charge in [0.15, 0.2) is 11.8 Å². The molecular formula is C17H24IN5O. The molecule has 0 aliphatic carbocycles. The number of nitrogens with one attached hydrogen (secondary N) is 1. The molecule has 24 heavy (non-hydrogen) atoms. The number of halogens is 1. The van der Waals surface area contributed by atoms with E-state index in [0.29, 0.717) is 18.9 Å². The second-order valence-electron chi connectivity index (χ2n) is 5.96. The van der Waals surface area contributed by atoms with Gasteiger partial charge in [-0.3, -0.25) is 4.99 Å². The SMILES string of the molecule is CN=C(NCCc1nc(C(C)C)no1)N1CCc2ccccc21.I. The lowest BCUT2D eigenvalue weighted by Crippen LogP contribution is -2.41. The number of nitrogens with zero attached hydrogens (tertiary/aromatic N) is 4. The average molecular weight is 441 g/mol. The first-order valence-electron chi connectivity index (χ1n) is 8.07. The van der Waals surface area contributed by atoms with Gasteiger partial charge >= 0.3 is 0 Å². The van der Waals surface area contributed by atoms with Crippen molar-refractivity contribution < 1.29 is 4.52 Å². The lowest BCUT2D eigenvalue weighted by atomic mass is 10.2. The fraction of sp³-hybridized carbons (Fsp3) is 0.471. The molecule has 6 nitrogen and oxygen atoms in total. The van der Waals surface area contributed by atoms with E-state index in [1.807, 2.05) is 7.05 Å². The second-order valence-corrected chi connectivity index (χ2v) is 5.96. The van der Waals surface area contributed by atoms with E-state index in [0.717, 1.165) is 24.7 Å². The van der Waals surface area contributed by atoms with E-state index in [4.69, 9.17) is 4.52 Å². The summed E-state index contributed by atoms with van der Waals surface area (Å²) in [6, 6.07) is 8.47. The lowest BCUT2D eigenvalue weighted by molar-refractivity contribution is 0.371. The number of aromatic nitrogens is 2. The first-order chi connectivity index (χ1) is 11.2. The molecule has 1 aromatic heterocycles. The van der Waals surface area contributed by atoms with Crippen LogP contribution < -0.4 is 10.2 Å². The van der Waals surface area contributed by atoms with Crippen LogP contribution in [0.3, 0.4) is 0 Å². The zero-order chi connectivity index (χ0) is 16.2. The third-order valence-corrected chi connectivity index (χ3v) is 3.98. The molecule has 0 fully saturated rings. The number of hydrogen-bond acceptors (Lipinski definition) is 4. The molecule has 2 heterocycles. The van der Waals surface area contributed by atoms with Gasteiger partial charge in [0.05, 0.1) is 0 Å². The summed E-state index contributed by atoms with van der Waals surface area (Å²) in [5.74, 6) is 2.60. The normalized spacial score (nSPS) is 13.8. The van der Waals surface area contributed by atoms with Crippen molar-refractivity contribution in [2.45, 2.75) is 32.6 Å². The number of para-hydroxylation sites is 1. The average Bonchev–Trinajstić information content (AvgIpc) is 3.19. The van der Waals surface area contributed by atoms with Gasteiger partial charge in [0.25, 0.3) is 0 Å². The highest BCUT2D eigenvalue weighted by molar-refractivity contribution is 14.0. The lowest BCUT2D eigenvalue weighted by Gasteiger charge is -2.22. The van der Waals surface area contributed by atoms with Crippen LogP contribution in [0.5, 0.6) is 0 Å². The Bertz CT molecular complexity index is 698. The van der Waals surface area contributed by atoms with Gasteiger partial charge in [-0.2, -0.15) is 4.98 Å². The second kappa shape index (κ2) is 8.46. The molecule has 0 bridgehead atoms. The molecule has 0 amide bonds. The molecular weight excluding hydrogens is 417 g/mol. The molecule has 0 unspecified atom stereocenters. The van der Waals surface area contributed by atoms with Crippen molar-refractivity contribution in [1.82, 2.24) is 15.5 Å². The fourth-order valence-corrected chi connectivity index (χ4v) is 2.74. The molecule has 1 aliphatic heterocycles. The summed E-state index contributed by atoms with van der Waals surface area (Å²) in [7, 11) is 1.81. The highest BCUT2D eigenvalue weighted by Gasteiger charge is 2.22. The summed E-state index contributed by atoms with van der Waals surface area (Å²) < 4.78 is 5.27. The van der Waals surface area contributed by atoms with E-state index in [-0.39, 0.29) is 29.9 Å². The number of anilines is 1. The van der Waals surface area contributed by atoms with E-state index >= 15 is 0 Å². The van der Waals surface area contributed by atoms with Crippen LogP contribution >= 0.6 is 24.0 Å². The van der Waals surface area contributed by atoms with Gasteiger partial charge in [-0.1, -0.05) is 37.2 Å². The molecule has 0 radical (unpaired) electrons. The minimum absolute atomic E-state index is 0. The minimum Gasteiger partial charge on any atom is -0.355 e. The Morgan fingerprint density at radius 1 is 1.38 bits per heavy atom. The third kappa shape index (κ3) is 4.06. The van der Waals surface area contributed by atoms with Gasteiger partial charge in [0.1, 0.15) is 0 Å². The Kier molecular flexibility index (Phi) is 6.59. The molecule has 130 valence electrons. The van der Waals surface area contributed by atoms with Crippen LogP contribution in [0.1, 0.15) is 37.0 Å². The quantitative estimate of drug-likeness (QED) is 0.449. The van der Waals surface area contributed by atoms with E-state index < -0.39 is 0 Å². The number of hydrogen-bond donors (Lipinski definition) is 1. The zero-order valence-electron chi connectivity index (χ0n) is 14.3. The van der Waals surface area contributed by atoms with Gasteiger partial charge < -0.3 is 14.7 Å². The Balaban J connectivity index is 0.00000208. The highest BCUT2D eigenvalue weighted by atomic mass is 127. The molecule has 0 atom stereocenters. The summed E-state index contributed by atoms with van der Waals surface area (Å²) in [6.07, 6.45) is 1.74. The van der Waals surface area contributed by atoms with Crippen molar-refractivity contribution in [3.63, 3.8) is 0 Å². The van der Waals surface area contributed by atoms with Crippen molar-refractivity contribution in [3.8, 4) is 0 Å². The maximum absolute atomic E-state index is 5.27. The van der Waals surface area contributed by atoms with Gasteiger partial charge in [0.2, 0.25) is 5.89 Å². The Morgan fingerprint density at radius 3 is 2.88 bits per heavy atom. The molecule has 3 rings (SSSR count). The maximum Gasteiger partial charge on any atom is 0.228 e. The van der Waals surface area contributed by atoms with Crippen LogP contribution in [0.2, 0.25) is 0 Å². The van der Waals surface area contributed by atoms with Crippen LogP contribution in [0.15, 0.2) is 33.8 Å². The summed E-state index contributed by atoms with van der Waals surface area (Å²) in [5, 5.41) is 7.37. The Morgan fingerprint density at radius 2 is 2.17 bits per heavy atom. The summed E-state index contributed by atoms with van der Waals surface area (Å²) in [6.45, 7) is 5.78. The van der Waals surface area contributed by atoms with E-state index in [1.54, 1.807) is 0 Å². The van der Waals surface area contributed by atoms with Gasteiger partial charge in [-0.25, -0.2) is 0 Å². The van der Waals surface area contributed by atoms with Crippen molar-refractivity contribution in [1.29, 1.82) is 0 Å². The monoisotopic (exact) mass is 441 g/mol. The topological polar surface area (TPSA) is 66.5 Å². The van der Waals surface area contributed by atoms with Crippen LogP contribution in [-0.2, 0) is 12.8 Å². The van der Waals surface area contributed by atoms with Crippen LogP contribution in [0, 0.1) is 0 Å². The number of rotatable bonds is 4. The van der Waals surface area contributed by atoms with Crippen LogP contribution in [0.4, 0.5) is 5.69 Å². The van der Waals surface area contributed by atoms with Crippen molar-refractivity contribution in [2.75, 3.05) is 25.0 Å². The number of aliphatic imine (C=N–C) groups is 1. The molecule has 2 aromatic rings. The first kappa shape index (κ1) is 18.7. The van der Waals surface area contributed by atoms with Gasteiger partial charge in [-0.15, -0.1) is 24.0 Å². The van der Waals surface area contributed by atoms with Crippen LogP contribution in [-0.4, -0.2) is 36.2 Å². The molecule has 0 saturated heterocycles. The third-order valence-electron chi connectivity index (χ3n) is 3.98. The Labute approximate surface area is 159 Å². The summed E-state index contributed by atoms with van der Waals surface area (Å²) >= 11 is 0. The van der Waals surface area contributed by atoms with E-state index in [1.165, 1.54) is 11.3 Å². The standard InChI is InChI=1S/C17H23N5O.HI/c1-12(2)16-20-15(23-21-16)8-10-19-17(18-3)22-11-9-13-6-4-5-7-14(13)22;/h4-7,12H,8-11H2,1-3H3,(H,18,19);1H.